The molecule has 1 atom stereocenters. The van der Waals surface area contributed by atoms with Crippen molar-refractivity contribution in [1.82, 2.24) is 10.6 Å². The quantitative estimate of drug-likeness (QED) is 0.839. The van der Waals surface area contributed by atoms with Crippen LogP contribution >= 0.6 is 0 Å². The molecule has 0 spiro atoms. The lowest BCUT2D eigenvalue weighted by molar-refractivity contribution is 0.345. The van der Waals surface area contributed by atoms with Gasteiger partial charge in [-0.3, -0.25) is 0 Å². The molecule has 0 unspecified atom stereocenters. The van der Waals surface area contributed by atoms with E-state index in [1.807, 2.05) is 6.07 Å². The average molecular weight is 236 g/mol. The van der Waals surface area contributed by atoms with Crippen molar-refractivity contribution < 1.29 is 4.39 Å². The number of hydrogen-bond acceptors (Lipinski definition) is 2. The molecule has 1 aliphatic heterocycles. The summed E-state index contributed by atoms with van der Waals surface area (Å²) < 4.78 is 13.1. The highest BCUT2D eigenvalue weighted by Gasteiger charge is 2.14. The first-order chi connectivity index (χ1) is 8.25. The lowest BCUT2D eigenvalue weighted by Crippen LogP contribution is -2.34. The van der Waals surface area contributed by atoms with Crippen molar-refractivity contribution >= 4 is 0 Å². The van der Waals surface area contributed by atoms with E-state index < -0.39 is 0 Å². The van der Waals surface area contributed by atoms with Crippen LogP contribution in [0.1, 0.15) is 31.4 Å². The van der Waals surface area contributed by atoms with E-state index >= 15 is 0 Å². The second-order valence-electron chi connectivity index (χ2n) is 4.88. The van der Waals surface area contributed by atoms with Crippen LogP contribution in [-0.2, 0) is 0 Å². The molecule has 1 heterocycles. The highest BCUT2D eigenvalue weighted by atomic mass is 19.1. The minimum atomic E-state index is -0.155. The summed E-state index contributed by atoms with van der Waals surface area (Å²) in [5.74, 6) is 0.602. The zero-order valence-electron chi connectivity index (χ0n) is 10.4. The summed E-state index contributed by atoms with van der Waals surface area (Å²) in [5.41, 5.74) is 1.03. The van der Waals surface area contributed by atoms with E-state index in [2.05, 4.69) is 17.6 Å². The first-order valence-electron chi connectivity index (χ1n) is 6.45. The van der Waals surface area contributed by atoms with E-state index in [-0.39, 0.29) is 11.9 Å². The molecule has 2 N–H and O–H groups in total. The highest BCUT2D eigenvalue weighted by Crippen LogP contribution is 2.16. The van der Waals surface area contributed by atoms with Crippen molar-refractivity contribution in [2.75, 3.05) is 19.6 Å². The molecule has 0 aliphatic carbocycles. The maximum atomic E-state index is 13.1. The van der Waals surface area contributed by atoms with Gasteiger partial charge in [-0.15, -0.1) is 0 Å². The van der Waals surface area contributed by atoms with Gasteiger partial charge in [0.1, 0.15) is 5.82 Å². The van der Waals surface area contributed by atoms with Crippen LogP contribution in [-0.4, -0.2) is 19.6 Å². The summed E-state index contributed by atoms with van der Waals surface area (Å²) in [4.78, 5) is 0. The Morgan fingerprint density at radius 3 is 2.88 bits per heavy atom. The minimum Gasteiger partial charge on any atom is -0.317 e. The second-order valence-corrected chi connectivity index (χ2v) is 4.88. The third-order valence-electron chi connectivity index (χ3n) is 3.52. The van der Waals surface area contributed by atoms with Crippen LogP contribution in [0.5, 0.6) is 0 Å². The van der Waals surface area contributed by atoms with Gasteiger partial charge < -0.3 is 10.6 Å². The molecule has 1 aliphatic rings. The zero-order valence-corrected chi connectivity index (χ0v) is 10.4. The molecule has 1 aromatic carbocycles. The smallest absolute Gasteiger partial charge is 0.123 e. The molecule has 3 heteroatoms. The molecule has 0 amide bonds. The Balaban J connectivity index is 1.82. The summed E-state index contributed by atoms with van der Waals surface area (Å²) in [6, 6.07) is 7.07. The Labute approximate surface area is 103 Å². The van der Waals surface area contributed by atoms with Crippen LogP contribution in [0.4, 0.5) is 4.39 Å². The predicted octanol–water partition coefficient (Wildman–Crippen LogP) is 2.48. The summed E-state index contributed by atoms with van der Waals surface area (Å²) in [5, 5.41) is 6.87. The molecule has 0 bridgehead atoms. The van der Waals surface area contributed by atoms with Gasteiger partial charge in [-0.1, -0.05) is 12.1 Å². The van der Waals surface area contributed by atoms with Gasteiger partial charge >= 0.3 is 0 Å². The van der Waals surface area contributed by atoms with Crippen LogP contribution < -0.4 is 10.6 Å². The molecule has 94 valence electrons. The summed E-state index contributed by atoms with van der Waals surface area (Å²) in [6.07, 6.45) is 2.48. The molecule has 17 heavy (non-hydrogen) atoms. The number of hydrogen-bond donors (Lipinski definition) is 2. The van der Waals surface area contributed by atoms with E-state index in [0.717, 1.165) is 31.1 Å². The molecular weight excluding hydrogens is 215 g/mol. The summed E-state index contributed by atoms with van der Waals surface area (Å²) >= 11 is 0. The van der Waals surface area contributed by atoms with Crippen molar-refractivity contribution in [3.8, 4) is 0 Å². The van der Waals surface area contributed by atoms with Gasteiger partial charge in [0.2, 0.25) is 0 Å². The first-order valence-corrected chi connectivity index (χ1v) is 6.45. The fourth-order valence-corrected chi connectivity index (χ4v) is 2.32. The third kappa shape index (κ3) is 3.79. The van der Waals surface area contributed by atoms with Crippen molar-refractivity contribution in [3.63, 3.8) is 0 Å². The van der Waals surface area contributed by atoms with E-state index in [1.165, 1.54) is 18.9 Å². The number of rotatable bonds is 4. The minimum absolute atomic E-state index is 0.155. The molecule has 2 nitrogen and oxygen atoms in total. The number of benzene rings is 1. The lowest BCUT2D eigenvalue weighted by atomic mass is 9.97. The molecule has 1 fully saturated rings. The molecule has 2 rings (SSSR count). The standard InChI is InChI=1S/C14H21FN2/c1-11(13-3-2-4-14(15)9-13)17-10-12-5-7-16-8-6-12/h2-4,9,11-12,16-17H,5-8,10H2,1H3/t11-/m0/s1. The van der Waals surface area contributed by atoms with E-state index in [0.29, 0.717) is 0 Å². The Kier molecular flexibility index (Phi) is 4.51. The zero-order chi connectivity index (χ0) is 12.1. The van der Waals surface area contributed by atoms with Crippen LogP contribution in [0.15, 0.2) is 24.3 Å². The number of halogens is 1. The highest BCUT2D eigenvalue weighted by molar-refractivity contribution is 5.19. The molecule has 0 aromatic heterocycles. The van der Waals surface area contributed by atoms with Gasteiger partial charge in [-0.05, 0) is 63.0 Å². The fraction of sp³-hybridized carbons (Fsp3) is 0.571. The van der Waals surface area contributed by atoms with Crippen LogP contribution in [0, 0.1) is 11.7 Å². The van der Waals surface area contributed by atoms with Crippen LogP contribution in [0.25, 0.3) is 0 Å². The normalized spacial score (nSPS) is 19.2. The predicted molar refractivity (Wildman–Crippen MR) is 68.4 cm³/mol. The van der Waals surface area contributed by atoms with Gasteiger partial charge in [0.25, 0.3) is 0 Å². The summed E-state index contributed by atoms with van der Waals surface area (Å²) in [7, 11) is 0. The maximum Gasteiger partial charge on any atom is 0.123 e. The van der Waals surface area contributed by atoms with E-state index in [4.69, 9.17) is 0 Å². The Morgan fingerprint density at radius 2 is 2.18 bits per heavy atom. The van der Waals surface area contributed by atoms with Gasteiger partial charge in [-0.25, -0.2) is 4.39 Å². The van der Waals surface area contributed by atoms with Gasteiger partial charge in [-0.2, -0.15) is 0 Å². The van der Waals surface area contributed by atoms with E-state index in [1.54, 1.807) is 12.1 Å². The van der Waals surface area contributed by atoms with Gasteiger partial charge in [0.05, 0.1) is 0 Å². The molecule has 1 saturated heterocycles. The Bertz CT molecular complexity index is 348. The number of piperidine rings is 1. The molecule has 0 saturated carbocycles. The van der Waals surface area contributed by atoms with E-state index in [9.17, 15) is 4.39 Å². The molecule has 1 aromatic rings. The summed E-state index contributed by atoms with van der Waals surface area (Å²) in [6.45, 7) is 5.37. The lowest BCUT2D eigenvalue weighted by Gasteiger charge is -2.25. The van der Waals surface area contributed by atoms with Crippen molar-refractivity contribution in [3.05, 3.63) is 35.6 Å². The van der Waals surface area contributed by atoms with Gasteiger partial charge in [0.15, 0.2) is 0 Å². The molecule has 0 radical (unpaired) electrons. The van der Waals surface area contributed by atoms with Crippen molar-refractivity contribution in [2.24, 2.45) is 5.92 Å². The SMILES string of the molecule is C[C@H](NCC1CCNCC1)c1cccc(F)c1. The van der Waals surface area contributed by atoms with Crippen LogP contribution in [0.3, 0.4) is 0 Å². The van der Waals surface area contributed by atoms with Crippen LogP contribution in [0.2, 0.25) is 0 Å². The maximum absolute atomic E-state index is 13.1. The fourth-order valence-electron chi connectivity index (χ4n) is 2.32. The largest absolute Gasteiger partial charge is 0.317 e. The van der Waals surface area contributed by atoms with Crippen molar-refractivity contribution in [1.29, 1.82) is 0 Å². The topological polar surface area (TPSA) is 24.1 Å². The monoisotopic (exact) mass is 236 g/mol. The third-order valence-corrected chi connectivity index (χ3v) is 3.52. The van der Waals surface area contributed by atoms with Gasteiger partial charge in [0, 0.05) is 6.04 Å². The molecular formula is C14H21FN2. The average Bonchev–Trinajstić information content (AvgIpc) is 2.37. The van der Waals surface area contributed by atoms with Crippen molar-refractivity contribution in [2.45, 2.75) is 25.8 Å². The first kappa shape index (κ1) is 12.5. The number of nitrogens with one attached hydrogen (secondary N) is 2. The Hall–Kier alpha value is -0.930. The Morgan fingerprint density at radius 1 is 1.41 bits per heavy atom. The second kappa shape index (κ2) is 6.12.